The summed E-state index contributed by atoms with van der Waals surface area (Å²) in [6.45, 7) is 10.9. The number of aromatic nitrogens is 6. The molecule has 0 spiro atoms. The van der Waals surface area contributed by atoms with Gasteiger partial charge in [-0.3, -0.25) is 27.1 Å². The molecule has 6 aromatic heterocycles. The molecule has 6 unspecified atom stereocenters. The van der Waals surface area contributed by atoms with Gasteiger partial charge in [-0.25, -0.2) is 36.8 Å². The summed E-state index contributed by atoms with van der Waals surface area (Å²) in [6.07, 6.45) is 7.33. The minimum absolute atomic E-state index is 0.0934. The number of pyridine rings is 2. The standard InChI is InChI=1S/2C24H30N6O6S2/c2*1-15-10-29(11-16(2)36-15)21-7-5-6-18(25-21)20-14-37-24(27-20)28-23(32)19(13-35-3)26-22(31)17-8-9-30(12-17)38(4,33)34/h2*5-9,12,14-16,19H,10-11,13H2,1-4H3,(H,26,31)(H,27,28,32). The molecule has 0 saturated carbocycles. The number of morpholine rings is 2. The van der Waals surface area contributed by atoms with E-state index in [1.165, 1.54) is 73.8 Å². The summed E-state index contributed by atoms with van der Waals surface area (Å²) in [5, 5.41) is 14.8. The summed E-state index contributed by atoms with van der Waals surface area (Å²) in [6, 6.07) is 12.1. The molecule has 2 aliphatic heterocycles. The van der Waals surface area contributed by atoms with Crippen LogP contribution in [0.5, 0.6) is 0 Å². The Morgan fingerprint density at radius 2 is 0.961 bits per heavy atom. The number of carbonyl (C=O) groups excluding carboxylic acids is 4. The highest BCUT2D eigenvalue weighted by molar-refractivity contribution is 7.89. The van der Waals surface area contributed by atoms with Crippen LogP contribution in [0.4, 0.5) is 21.9 Å². The first-order valence-electron chi connectivity index (χ1n) is 23.7. The molecule has 28 heteroatoms. The number of amides is 4. The second kappa shape index (κ2) is 25.0. The summed E-state index contributed by atoms with van der Waals surface area (Å²) in [7, 11) is -4.26. The van der Waals surface area contributed by atoms with Crippen LogP contribution in [0, 0.1) is 0 Å². The van der Waals surface area contributed by atoms with Crippen molar-refractivity contribution < 1.29 is 55.0 Å². The van der Waals surface area contributed by atoms with E-state index in [1.54, 1.807) is 10.8 Å². The van der Waals surface area contributed by atoms with Crippen LogP contribution in [0.3, 0.4) is 0 Å². The molecule has 2 saturated heterocycles. The maximum Gasteiger partial charge on any atom is 0.253 e. The normalized spacial score (nSPS) is 18.7. The summed E-state index contributed by atoms with van der Waals surface area (Å²) in [4.78, 5) is 74.0. The number of anilines is 4. The first-order valence-corrected chi connectivity index (χ1v) is 29.2. The van der Waals surface area contributed by atoms with Crippen LogP contribution in [0.2, 0.25) is 0 Å². The number of nitrogens with zero attached hydrogens (tertiary/aromatic N) is 8. The zero-order valence-electron chi connectivity index (χ0n) is 42.9. The Kier molecular flexibility index (Phi) is 18.8. The Morgan fingerprint density at radius 3 is 1.29 bits per heavy atom. The molecule has 0 bridgehead atoms. The van der Waals surface area contributed by atoms with E-state index >= 15 is 0 Å². The average Bonchev–Trinajstić information content (AvgIpc) is 4.22. The van der Waals surface area contributed by atoms with Crippen molar-refractivity contribution in [2.45, 2.75) is 64.2 Å². The molecule has 76 heavy (non-hydrogen) atoms. The fourth-order valence-electron chi connectivity index (χ4n) is 8.11. The van der Waals surface area contributed by atoms with Crippen molar-refractivity contribution in [1.29, 1.82) is 0 Å². The number of thiazole rings is 2. The molecule has 24 nitrogen and oxygen atoms in total. The van der Waals surface area contributed by atoms with Crippen molar-refractivity contribution in [1.82, 2.24) is 38.5 Å². The topological polar surface area (TPSA) is 290 Å². The number of rotatable bonds is 18. The second-order valence-electron chi connectivity index (χ2n) is 18.1. The van der Waals surface area contributed by atoms with Gasteiger partial charge in [-0.1, -0.05) is 12.1 Å². The number of hydrogen-bond acceptors (Lipinski definition) is 20. The molecule has 2 aliphatic rings. The van der Waals surface area contributed by atoms with Gasteiger partial charge in [0.15, 0.2) is 10.3 Å². The van der Waals surface area contributed by atoms with Crippen molar-refractivity contribution in [2.75, 3.05) is 86.6 Å². The van der Waals surface area contributed by atoms with Crippen LogP contribution in [-0.2, 0) is 48.6 Å². The van der Waals surface area contributed by atoms with Gasteiger partial charge in [0, 0.05) is 75.9 Å². The summed E-state index contributed by atoms with van der Waals surface area (Å²) in [5.41, 5.74) is 2.74. The molecule has 408 valence electrons. The largest absolute Gasteiger partial charge is 0.382 e. The molecule has 4 amide bonds. The molecule has 6 aromatic rings. The zero-order valence-corrected chi connectivity index (χ0v) is 46.2. The molecule has 8 heterocycles. The Hall–Kier alpha value is -6.66. The van der Waals surface area contributed by atoms with Gasteiger partial charge in [-0.05, 0) is 64.1 Å². The molecule has 0 aromatic carbocycles. The number of methoxy groups -OCH3 is 2. The minimum atomic E-state index is -3.53. The zero-order chi connectivity index (χ0) is 54.9. The number of ether oxygens (including phenoxy) is 4. The van der Waals surface area contributed by atoms with Gasteiger partial charge in [0.05, 0.1) is 72.7 Å². The fraction of sp³-hybridized carbons (Fsp3) is 0.417. The monoisotopic (exact) mass is 1120 g/mol. The number of nitrogens with one attached hydrogen (secondary N) is 4. The van der Waals surface area contributed by atoms with Gasteiger partial charge in [-0.15, -0.1) is 22.7 Å². The minimum Gasteiger partial charge on any atom is -0.382 e. The van der Waals surface area contributed by atoms with Gasteiger partial charge in [0.25, 0.3) is 23.6 Å². The molecular formula is C48H60N12O12S4. The van der Waals surface area contributed by atoms with E-state index in [9.17, 15) is 36.0 Å². The quantitative estimate of drug-likeness (QED) is 0.0956. The Morgan fingerprint density at radius 1 is 0.592 bits per heavy atom. The Labute approximate surface area is 448 Å². The van der Waals surface area contributed by atoms with Crippen LogP contribution < -0.4 is 31.1 Å². The average molecular weight is 1130 g/mol. The van der Waals surface area contributed by atoms with E-state index in [-0.39, 0.29) is 48.8 Å². The van der Waals surface area contributed by atoms with Gasteiger partial charge >= 0.3 is 0 Å². The highest BCUT2D eigenvalue weighted by Crippen LogP contribution is 2.29. The summed E-state index contributed by atoms with van der Waals surface area (Å²) < 4.78 is 70.3. The van der Waals surface area contributed by atoms with E-state index in [4.69, 9.17) is 28.9 Å². The maximum atomic E-state index is 12.9. The van der Waals surface area contributed by atoms with Crippen molar-refractivity contribution in [3.05, 3.63) is 95.2 Å². The molecule has 0 radical (unpaired) electrons. The van der Waals surface area contributed by atoms with Crippen molar-refractivity contribution in [2.24, 2.45) is 0 Å². The predicted molar refractivity (Wildman–Crippen MR) is 288 cm³/mol. The fourth-order valence-corrected chi connectivity index (χ4v) is 10.7. The highest BCUT2D eigenvalue weighted by Gasteiger charge is 2.28. The van der Waals surface area contributed by atoms with Gasteiger partial charge < -0.3 is 50.0 Å². The van der Waals surface area contributed by atoms with Gasteiger partial charge in [0.1, 0.15) is 35.1 Å². The molecule has 6 atom stereocenters. The van der Waals surface area contributed by atoms with Crippen LogP contribution in [-0.4, -0.2) is 171 Å². The van der Waals surface area contributed by atoms with Crippen LogP contribution in [0.25, 0.3) is 22.8 Å². The maximum absolute atomic E-state index is 12.9. The number of carbonyl (C=O) groups is 4. The Bertz CT molecular complexity index is 3000. The van der Waals surface area contributed by atoms with E-state index in [0.717, 1.165) is 58.3 Å². The van der Waals surface area contributed by atoms with E-state index in [1.807, 2.05) is 64.1 Å². The lowest BCUT2D eigenvalue weighted by atomic mass is 10.2. The smallest absolute Gasteiger partial charge is 0.253 e. The predicted octanol–water partition coefficient (Wildman–Crippen LogP) is 3.62. The van der Waals surface area contributed by atoms with E-state index in [0.29, 0.717) is 33.0 Å². The summed E-state index contributed by atoms with van der Waals surface area (Å²) in [5.74, 6) is -0.621. The Balaban J connectivity index is 0.000000221. The molecule has 0 aliphatic carbocycles. The van der Waals surface area contributed by atoms with Gasteiger partial charge in [-0.2, -0.15) is 0 Å². The molecule has 2 fully saturated rings. The van der Waals surface area contributed by atoms with Crippen LogP contribution in [0.1, 0.15) is 48.4 Å². The van der Waals surface area contributed by atoms with Crippen molar-refractivity contribution in [3.8, 4) is 22.8 Å². The number of hydrogen-bond donors (Lipinski definition) is 4. The molecule has 4 N–H and O–H groups in total. The third-order valence-electron chi connectivity index (χ3n) is 11.5. The van der Waals surface area contributed by atoms with Crippen molar-refractivity contribution >= 4 is 88.2 Å². The SMILES string of the molecule is COCC(NC(=O)c1ccn(S(C)(=O)=O)c1)C(=O)Nc1nc(-c2cccc(N3CC(C)OC(C)C3)n2)cs1.COCC(NC(=O)c1ccn(S(C)(=O)=O)c1)C(=O)Nc1nc(-c2cccc(N3CC(C)OC(C)C3)n2)cs1. The van der Waals surface area contributed by atoms with E-state index in [2.05, 4.69) is 41.0 Å². The van der Waals surface area contributed by atoms with Gasteiger partial charge in [0.2, 0.25) is 20.0 Å². The van der Waals surface area contributed by atoms with Crippen molar-refractivity contribution in [3.63, 3.8) is 0 Å². The highest BCUT2D eigenvalue weighted by atomic mass is 32.2. The lowest BCUT2D eigenvalue weighted by Crippen LogP contribution is -2.46. The third-order valence-corrected chi connectivity index (χ3v) is 15.0. The second-order valence-corrected chi connectivity index (χ2v) is 23.6. The molecule has 8 rings (SSSR count). The first-order chi connectivity index (χ1) is 36.1. The lowest BCUT2D eigenvalue weighted by molar-refractivity contribution is -0.119. The third kappa shape index (κ3) is 15.3. The summed E-state index contributed by atoms with van der Waals surface area (Å²) >= 11 is 2.46. The first kappa shape index (κ1) is 57.1. The van der Waals surface area contributed by atoms with E-state index < -0.39 is 55.8 Å². The van der Waals surface area contributed by atoms with Crippen LogP contribution >= 0.6 is 22.7 Å². The van der Waals surface area contributed by atoms with Crippen LogP contribution in [0.15, 0.2) is 84.1 Å². The molecular weight excluding hydrogens is 1060 g/mol. The lowest BCUT2D eigenvalue weighted by Gasteiger charge is -2.36.